The largest absolute Gasteiger partial charge is 0.207 e. The predicted molar refractivity (Wildman–Crippen MR) is 147 cm³/mol. The molecule has 1 aromatic carbocycles. The zero-order valence-corrected chi connectivity index (χ0v) is 21.9. The molecule has 7 aliphatic rings. The summed E-state index contributed by atoms with van der Waals surface area (Å²) in [5, 5.41) is 1.83. The molecule has 35 heavy (non-hydrogen) atoms. The molecule has 1 aromatic rings. The van der Waals surface area contributed by atoms with Gasteiger partial charge < -0.3 is 0 Å². The Morgan fingerprint density at radius 3 is 2.63 bits per heavy atom. The Bertz CT molecular complexity index is 1320. The lowest BCUT2D eigenvalue weighted by Gasteiger charge is -2.30. The van der Waals surface area contributed by atoms with Gasteiger partial charge in [0.15, 0.2) is 0 Å². The van der Waals surface area contributed by atoms with Crippen LogP contribution < -0.4 is 0 Å². The van der Waals surface area contributed by atoms with Crippen molar-refractivity contribution in [1.29, 1.82) is 0 Å². The third-order valence-electron chi connectivity index (χ3n) is 9.77. The van der Waals surface area contributed by atoms with Gasteiger partial charge in [-0.1, -0.05) is 60.1 Å². The first-order chi connectivity index (χ1) is 17.2. The molecule has 2 aliphatic heterocycles. The van der Waals surface area contributed by atoms with Gasteiger partial charge in [-0.3, -0.25) is 0 Å². The van der Waals surface area contributed by atoms with E-state index in [1.807, 2.05) is 12.1 Å². The Balaban J connectivity index is 1.12. The zero-order valence-electron chi connectivity index (χ0n) is 20.2. The van der Waals surface area contributed by atoms with E-state index in [1.54, 1.807) is 56.0 Å². The molecule has 1 fully saturated rings. The molecule has 0 bridgehead atoms. The van der Waals surface area contributed by atoms with E-state index in [9.17, 15) is 4.39 Å². The number of thioether (sulfide) groups is 2. The molecule has 0 amide bonds. The lowest BCUT2D eigenvalue weighted by atomic mass is 9.75. The van der Waals surface area contributed by atoms with Gasteiger partial charge in [0.05, 0.1) is 0 Å². The van der Waals surface area contributed by atoms with Crippen LogP contribution in [0.15, 0.2) is 92.5 Å². The maximum Gasteiger partial charge on any atom is 0.123 e. The normalized spacial score (nSPS) is 36.5. The van der Waals surface area contributed by atoms with Gasteiger partial charge in [-0.05, 0) is 96.8 Å². The summed E-state index contributed by atoms with van der Waals surface area (Å²) in [6.45, 7) is 2.28. The molecule has 2 heterocycles. The number of halogens is 1. The summed E-state index contributed by atoms with van der Waals surface area (Å²) >= 11 is 4.35. The third kappa shape index (κ3) is 3.07. The van der Waals surface area contributed by atoms with Crippen molar-refractivity contribution in [3.05, 3.63) is 104 Å². The standard InChI is InChI=1S/C32H31FS2/c1-2-17-3-5-18(6-4-17)27-15-25-21-11-14-24-30-22(12-13-23(29(21)30)31(25)34-27)26-16-28(35-32(24)26)19-7-9-20(33)10-8-19/h3,5,7-10,13,15,22,25-26,28,31-32H,2,4,6,11-12,14,16H2,1H3. The average molecular weight is 499 g/mol. The molecule has 178 valence electrons. The van der Waals surface area contributed by atoms with Gasteiger partial charge >= 0.3 is 0 Å². The quantitative estimate of drug-likeness (QED) is 0.408. The van der Waals surface area contributed by atoms with Crippen molar-refractivity contribution in [2.24, 2.45) is 17.8 Å². The van der Waals surface area contributed by atoms with Crippen LogP contribution >= 0.6 is 23.5 Å². The van der Waals surface area contributed by atoms with Crippen LogP contribution in [0, 0.1) is 23.6 Å². The van der Waals surface area contributed by atoms with E-state index in [-0.39, 0.29) is 5.82 Å². The van der Waals surface area contributed by atoms with Gasteiger partial charge in [0, 0.05) is 26.6 Å². The Labute approximate surface area is 216 Å². The van der Waals surface area contributed by atoms with E-state index in [1.165, 1.54) is 50.5 Å². The summed E-state index contributed by atoms with van der Waals surface area (Å²) in [6, 6.07) is 7.31. The predicted octanol–water partition coefficient (Wildman–Crippen LogP) is 9.02. The molecule has 0 radical (unpaired) electrons. The Morgan fingerprint density at radius 2 is 1.83 bits per heavy atom. The van der Waals surface area contributed by atoms with E-state index in [2.05, 4.69) is 54.8 Å². The molecule has 0 saturated carbocycles. The van der Waals surface area contributed by atoms with Crippen LogP contribution in [0.5, 0.6) is 0 Å². The number of allylic oxidation sites excluding steroid dienone is 9. The van der Waals surface area contributed by atoms with E-state index >= 15 is 0 Å². The number of fused-ring (bicyclic) bond motifs is 6. The molecule has 6 unspecified atom stereocenters. The van der Waals surface area contributed by atoms with Crippen molar-refractivity contribution in [3.63, 3.8) is 0 Å². The van der Waals surface area contributed by atoms with Crippen LogP contribution in [0.4, 0.5) is 4.39 Å². The topological polar surface area (TPSA) is 0 Å². The second-order valence-electron chi connectivity index (χ2n) is 11.3. The fraction of sp³-hybridized carbons (Fsp3) is 0.438. The highest BCUT2D eigenvalue weighted by atomic mass is 32.2. The van der Waals surface area contributed by atoms with Crippen LogP contribution in [0.2, 0.25) is 0 Å². The third-order valence-corrected chi connectivity index (χ3v) is 12.9. The zero-order chi connectivity index (χ0) is 23.3. The SMILES string of the molecule is CCC1=CC=C(C2=CC3C4=C5C(=CCC6C5=C(CC4)C4SC(c5ccc(F)cc5)CC64)C3S2)CC1. The first-order valence-corrected chi connectivity index (χ1v) is 15.4. The molecule has 8 rings (SSSR count). The first kappa shape index (κ1) is 21.4. The molecule has 0 nitrogen and oxygen atoms in total. The van der Waals surface area contributed by atoms with Gasteiger partial charge in [0.2, 0.25) is 0 Å². The summed E-state index contributed by atoms with van der Waals surface area (Å²) < 4.78 is 13.5. The number of hydrogen-bond donors (Lipinski definition) is 0. The van der Waals surface area contributed by atoms with Gasteiger partial charge in [0.25, 0.3) is 0 Å². The smallest absolute Gasteiger partial charge is 0.123 e. The second kappa shape index (κ2) is 7.89. The van der Waals surface area contributed by atoms with Gasteiger partial charge in [-0.15, -0.1) is 23.5 Å². The lowest BCUT2D eigenvalue weighted by Crippen LogP contribution is -2.19. The maximum absolute atomic E-state index is 13.5. The van der Waals surface area contributed by atoms with Crippen molar-refractivity contribution >= 4 is 23.5 Å². The molecule has 1 saturated heterocycles. The highest BCUT2D eigenvalue weighted by Gasteiger charge is 2.55. The van der Waals surface area contributed by atoms with E-state index in [0.29, 0.717) is 27.6 Å². The Hall–Kier alpha value is -1.71. The van der Waals surface area contributed by atoms with Crippen molar-refractivity contribution in [2.45, 2.75) is 67.6 Å². The fourth-order valence-electron chi connectivity index (χ4n) is 8.09. The van der Waals surface area contributed by atoms with Crippen molar-refractivity contribution in [2.75, 3.05) is 0 Å². The van der Waals surface area contributed by atoms with Crippen molar-refractivity contribution < 1.29 is 4.39 Å². The summed E-state index contributed by atoms with van der Waals surface area (Å²) in [4.78, 5) is 1.57. The second-order valence-corrected chi connectivity index (χ2v) is 13.8. The van der Waals surface area contributed by atoms with Crippen molar-refractivity contribution in [1.82, 2.24) is 0 Å². The van der Waals surface area contributed by atoms with Crippen LogP contribution in [0.25, 0.3) is 0 Å². The van der Waals surface area contributed by atoms with E-state index in [0.717, 1.165) is 5.92 Å². The number of rotatable bonds is 3. The van der Waals surface area contributed by atoms with Gasteiger partial charge in [-0.25, -0.2) is 4.39 Å². The van der Waals surface area contributed by atoms with Gasteiger partial charge in [0.1, 0.15) is 5.82 Å². The minimum absolute atomic E-state index is 0.123. The highest BCUT2D eigenvalue weighted by Crippen LogP contribution is 2.68. The average Bonchev–Trinajstić information content (AvgIpc) is 3.64. The summed E-state index contributed by atoms with van der Waals surface area (Å²) in [5.41, 5.74) is 13.3. The molecular formula is C32H31FS2. The fourth-order valence-corrected chi connectivity index (χ4v) is 11.6. The maximum atomic E-state index is 13.5. The summed E-state index contributed by atoms with van der Waals surface area (Å²) in [7, 11) is 0. The highest BCUT2D eigenvalue weighted by molar-refractivity contribution is 8.04. The molecule has 5 aliphatic carbocycles. The van der Waals surface area contributed by atoms with E-state index < -0.39 is 0 Å². The van der Waals surface area contributed by atoms with Crippen molar-refractivity contribution in [3.8, 4) is 0 Å². The van der Waals surface area contributed by atoms with Gasteiger partial charge in [-0.2, -0.15) is 0 Å². The molecule has 0 N–H and O–H groups in total. The van der Waals surface area contributed by atoms with Crippen LogP contribution in [0.3, 0.4) is 0 Å². The summed E-state index contributed by atoms with van der Waals surface area (Å²) in [5.74, 6) is 1.98. The summed E-state index contributed by atoms with van der Waals surface area (Å²) in [6.07, 6.45) is 18.8. The minimum Gasteiger partial charge on any atom is -0.207 e. The Morgan fingerprint density at radius 1 is 0.971 bits per heavy atom. The number of benzene rings is 1. The molecule has 3 heteroatoms. The lowest BCUT2D eigenvalue weighted by molar-refractivity contribution is 0.405. The molecule has 0 aromatic heterocycles. The first-order valence-electron chi connectivity index (χ1n) is 13.5. The number of hydrogen-bond acceptors (Lipinski definition) is 2. The monoisotopic (exact) mass is 498 g/mol. The van der Waals surface area contributed by atoms with E-state index in [4.69, 9.17) is 0 Å². The molecule has 0 spiro atoms. The minimum atomic E-state index is -0.123. The Kier molecular flexibility index (Phi) is 4.82. The van der Waals surface area contributed by atoms with Crippen LogP contribution in [-0.2, 0) is 0 Å². The van der Waals surface area contributed by atoms with Crippen LogP contribution in [0.1, 0.15) is 62.7 Å². The molecular weight excluding hydrogens is 467 g/mol. The molecule has 6 atom stereocenters. The van der Waals surface area contributed by atoms with Crippen LogP contribution in [-0.4, -0.2) is 10.5 Å².